The van der Waals surface area contributed by atoms with E-state index in [9.17, 15) is 13.2 Å². The number of hydrogen-bond acceptors (Lipinski definition) is 4. The molecule has 1 atom stereocenters. The topological polar surface area (TPSA) is 84.3 Å². The van der Waals surface area contributed by atoms with E-state index in [0.29, 0.717) is 32.5 Å². The third-order valence-corrected chi connectivity index (χ3v) is 5.03. The molecule has 1 aliphatic rings. The zero-order valence-electron chi connectivity index (χ0n) is 12.4. The highest BCUT2D eigenvalue weighted by Crippen LogP contribution is 2.19. The summed E-state index contributed by atoms with van der Waals surface area (Å²) < 4.78 is 26.2. The minimum Gasteiger partial charge on any atom is -0.352 e. The molecule has 8 heteroatoms. The molecule has 2 heterocycles. The van der Waals surface area contributed by atoms with Gasteiger partial charge in [0.25, 0.3) is 0 Å². The fraction of sp³-hybridized carbons (Fsp3) is 0.692. The number of hydrogen-bond donors (Lipinski definition) is 1. The summed E-state index contributed by atoms with van der Waals surface area (Å²) in [5, 5.41) is 2.99. The zero-order chi connectivity index (χ0) is 15.5. The number of sulfonamides is 1. The van der Waals surface area contributed by atoms with Gasteiger partial charge < -0.3 is 9.88 Å². The maximum atomic E-state index is 12.2. The van der Waals surface area contributed by atoms with E-state index in [-0.39, 0.29) is 17.9 Å². The highest BCUT2D eigenvalue weighted by molar-refractivity contribution is 7.88. The van der Waals surface area contributed by atoms with Gasteiger partial charge in [-0.15, -0.1) is 0 Å². The van der Waals surface area contributed by atoms with Crippen LogP contribution in [0.2, 0.25) is 0 Å². The van der Waals surface area contributed by atoms with E-state index in [1.807, 2.05) is 17.7 Å². The van der Waals surface area contributed by atoms with Crippen molar-refractivity contribution < 1.29 is 13.2 Å². The normalized spacial score (nSPS) is 19.3. The van der Waals surface area contributed by atoms with Gasteiger partial charge in [0.15, 0.2) is 0 Å². The molecule has 0 radical (unpaired) electrons. The second kappa shape index (κ2) is 6.57. The van der Waals surface area contributed by atoms with Crippen molar-refractivity contribution in [2.24, 2.45) is 5.92 Å². The number of nitrogens with zero attached hydrogens (tertiary/aromatic N) is 3. The van der Waals surface area contributed by atoms with Gasteiger partial charge >= 0.3 is 0 Å². The SMILES string of the molecule is CC(Cn1ccnc1)NC(=O)C1CCN(S(C)(=O)=O)CC1. The van der Waals surface area contributed by atoms with E-state index in [1.54, 1.807) is 12.5 Å². The molecule has 0 aromatic carbocycles. The maximum absolute atomic E-state index is 12.2. The predicted octanol–water partition coefficient (Wildman–Crippen LogP) is 0.0594. The molecule has 0 aliphatic carbocycles. The van der Waals surface area contributed by atoms with Crippen LogP contribution in [0.4, 0.5) is 0 Å². The summed E-state index contributed by atoms with van der Waals surface area (Å²) in [6, 6.07) is 0.0136. The van der Waals surface area contributed by atoms with Gasteiger partial charge in [-0.25, -0.2) is 17.7 Å². The van der Waals surface area contributed by atoms with Crippen LogP contribution in [0.25, 0.3) is 0 Å². The summed E-state index contributed by atoms with van der Waals surface area (Å²) in [5.74, 6) is -0.0935. The molecule has 1 fully saturated rings. The Morgan fingerprint density at radius 2 is 2.10 bits per heavy atom. The fourth-order valence-corrected chi connectivity index (χ4v) is 3.44. The molecule has 1 amide bonds. The molecular weight excluding hydrogens is 292 g/mol. The van der Waals surface area contributed by atoms with Crippen LogP contribution in [0.3, 0.4) is 0 Å². The van der Waals surface area contributed by atoms with E-state index in [4.69, 9.17) is 0 Å². The number of aromatic nitrogens is 2. The first-order valence-corrected chi connectivity index (χ1v) is 8.92. The van der Waals surface area contributed by atoms with Crippen LogP contribution in [0.5, 0.6) is 0 Å². The molecule has 118 valence electrons. The van der Waals surface area contributed by atoms with Crippen LogP contribution in [0.15, 0.2) is 18.7 Å². The molecular formula is C13H22N4O3S. The lowest BCUT2D eigenvalue weighted by molar-refractivity contribution is -0.126. The molecule has 1 N–H and O–H groups in total. The van der Waals surface area contributed by atoms with Crippen molar-refractivity contribution in [3.63, 3.8) is 0 Å². The molecule has 1 aromatic heterocycles. The molecule has 7 nitrogen and oxygen atoms in total. The standard InChI is InChI=1S/C13H22N4O3S/c1-11(9-16-8-5-14-10-16)15-13(18)12-3-6-17(7-4-12)21(2,19)20/h5,8,10-12H,3-4,6-7,9H2,1-2H3,(H,15,18). The Morgan fingerprint density at radius 1 is 1.43 bits per heavy atom. The summed E-state index contributed by atoms with van der Waals surface area (Å²) in [4.78, 5) is 16.2. The van der Waals surface area contributed by atoms with Crippen LogP contribution in [0, 0.1) is 5.92 Å². The smallest absolute Gasteiger partial charge is 0.223 e. The largest absolute Gasteiger partial charge is 0.352 e. The summed E-state index contributed by atoms with van der Waals surface area (Å²) in [5.41, 5.74) is 0. The Kier molecular flexibility index (Phi) is 5.00. The van der Waals surface area contributed by atoms with Gasteiger partial charge in [-0.2, -0.15) is 0 Å². The van der Waals surface area contributed by atoms with Crippen LogP contribution in [-0.2, 0) is 21.4 Å². The first kappa shape index (κ1) is 16.0. The second-order valence-corrected chi connectivity index (χ2v) is 7.59. The second-order valence-electron chi connectivity index (χ2n) is 5.61. The molecule has 21 heavy (non-hydrogen) atoms. The van der Waals surface area contributed by atoms with Crippen molar-refractivity contribution in [1.82, 2.24) is 19.2 Å². The molecule has 1 unspecified atom stereocenters. The van der Waals surface area contributed by atoms with Gasteiger partial charge in [-0.05, 0) is 19.8 Å². The Morgan fingerprint density at radius 3 is 2.62 bits per heavy atom. The average molecular weight is 314 g/mol. The van der Waals surface area contributed by atoms with E-state index in [0.717, 1.165) is 0 Å². The molecule has 0 spiro atoms. The lowest BCUT2D eigenvalue weighted by Crippen LogP contribution is -2.45. The highest BCUT2D eigenvalue weighted by Gasteiger charge is 2.29. The molecule has 0 bridgehead atoms. The molecule has 0 saturated carbocycles. The summed E-state index contributed by atoms with van der Waals surface area (Å²) in [6.07, 6.45) is 7.64. The number of piperidine rings is 1. The number of rotatable bonds is 5. The van der Waals surface area contributed by atoms with Gasteiger partial charge in [0.05, 0.1) is 12.6 Å². The minimum absolute atomic E-state index is 0.00997. The molecule has 2 rings (SSSR count). The van der Waals surface area contributed by atoms with Gasteiger partial charge in [0.2, 0.25) is 15.9 Å². The lowest BCUT2D eigenvalue weighted by atomic mass is 9.97. The van der Waals surface area contributed by atoms with E-state index >= 15 is 0 Å². The van der Waals surface area contributed by atoms with Crippen molar-refractivity contribution in [3.8, 4) is 0 Å². The summed E-state index contributed by atoms with van der Waals surface area (Å²) in [7, 11) is -3.14. The van der Waals surface area contributed by atoms with Crippen LogP contribution >= 0.6 is 0 Å². The number of carbonyl (C=O) groups excluding carboxylic acids is 1. The molecule has 1 aliphatic heterocycles. The number of amides is 1. The average Bonchev–Trinajstić information content (AvgIpc) is 2.90. The van der Waals surface area contributed by atoms with E-state index < -0.39 is 10.0 Å². The first-order valence-electron chi connectivity index (χ1n) is 7.07. The first-order chi connectivity index (χ1) is 9.86. The van der Waals surface area contributed by atoms with Gasteiger partial charge in [-0.3, -0.25) is 4.79 Å². The Hall–Kier alpha value is -1.41. The van der Waals surface area contributed by atoms with Gasteiger partial charge in [0.1, 0.15) is 0 Å². The zero-order valence-corrected chi connectivity index (χ0v) is 13.2. The van der Waals surface area contributed by atoms with Crippen molar-refractivity contribution >= 4 is 15.9 Å². The van der Waals surface area contributed by atoms with Crippen LogP contribution in [0.1, 0.15) is 19.8 Å². The van der Waals surface area contributed by atoms with Crippen LogP contribution < -0.4 is 5.32 Å². The van der Waals surface area contributed by atoms with Crippen molar-refractivity contribution in [2.45, 2.75) is 32.4 Å². The minimum atomic E-state index is -3.14. The van der Waals surface area contributed by atoms with Gasteiger partial charge in [-0.1, -0.05) is 0 Å². The van der Waals surface area contributed by atoms with Gasteiger partial charge in [0, 0.05) is 44.0 Å². The Bertz CT molecular complexity index is 562. The van der Waals surface area contributed by atoms with Crippen molar-refractivity contribution in [1.29, 1.82) is 0 Å². The lowest BCUT2D eigenvalue weighted by Gasteiger charge is -2.30. The molecule has 1 saturated heterocycles. The maximum Gasteiger partial charge on any atom is 0.223 e. The third kappa shape index (κ3) is 4.53. The Labute approximate surface area is 125 Å². The summed E-state index contributed by atoms with van der Waals surface area (Å²) in [6.45, 7) is 3.47. The van der Waals surface area contributed by atoms with Crippen molar-refractivity contribution in [3.05, 3.63) is 18.7 Å². The Balaban J connectivity index is 1.79. The fourth-order valence-electron chi connectivity index (χ4n) is 2.57. The molecule has 1 aromatic rings. The van der Waals surface area contributed by atoms with E-state index in [2.05, 4.69) is 10.3 Å². The predicted molar refractivity (Wildman–Crippen MR) is 79.0 cm³/mol. The number of nitrogens with one attached hydrogen (secondary N) is 1. The monoisotopic (exact) mass is 314 g/mol. The number of imidazole rings is 1. The third-order valence-electron chi connectivity index (χ3n) is 3.73. The summed E-state index contributed by atoms with van der Waals surface area (Å²) >= 11 is 0. The van der Waals surface area contributed by atoms with Crippen LogP contribution in [-0.4, -0.2) is 53.6 Å². The highest BCUT2D eigenvalue weighted by atomic mass is 32.2. The van der Waals surface area contributed by atoms with Crippen molar-refractivity contribution in [2.75, 3.05) is 19.3 Å². The quantitative estimate of drug-likeness (QED) is 0.833. The number of carbonyl (C=O) groups is 1. The van der Waals surface area contributed by atoms with E-state index in [1.165, 1.54) is 10.6 Å².